The molecule has 1 atom stereocenters. The molecule has 0 aliphatic carbocycles. The predicted octanol–water partition coefficient (Wildman–Crippen LogP) is 4.30. The van der Waals surface area contributed by atoms with Gasteiger partial charge in [-0.2, -0.15) is 4.31 Å². The van der Waals surface area contributed by atoms with Crippen molar-refractivity contribution in [2.24, 2.45) is 5.92 Å². The van der Waals surface area contributed by atoms with E-state index in [1.807, 2.05) is 32.0 Å². The molecule has 2 aromatic carbocycles. The molecule has 0 saturated carbocycles. The highest BCUT2D eigenvalue weighted by atomic mass is 35.5. The monoisotopic (exact) mass is 420 g/mol. The third-order valence-corrected chi connectivity index (χ3v) is 7.57. The fourth-order valence-corrected chi connectivity index (χ4v) is 5.43. The molecule has 1 amide bonds. The van der Waals surface area contributed by atoms with Gasteiger partial charge in [0.25, 0.3) is 0 Å². The fraction of sp³-hybridized carbons (Fsp3) is 0.381. The first-order valence-corrected chi connectivity index (χ1v) is 11.1. The van der Waals surface area contributed by atoms with E-state index in [4.69, 9.17) is 11.6 Å². The van der Waals surface area contributed by atoms with E-state index in [2.05, 4.69) is 5.32 Å². The van der Waals surface area contributed by atoms with Gasteiger partial charge < -0.3 is 5.32 Å². The Hall–Kier alpha value is -1.89. The quantitative estimate of drug-likeness (QED) is 0.801. The molecule has 0 radical (unpaired) electrons. The molecule has 150 valence electrons. The second-order valence-corrected chi connectivity index (χ2v) is 9.74. The molecule has 0 bridgehead atoms. The maximum Gasteiger partial charge on any atom is 0.243 e. The summed E-state index contributed by atoms with van der Waals surface area (Å²) in [5.41, 5.74) is 3.16. The van der Waals surface area contributed by atoms with Crippen LogP contribution in [-0.2, 0) is 14.8 Å². The van der Waals surface area contributed by atoms with Crippen molar-refractivity contribution in [1.82, 2.24) is 4.31 Å². The minimum atomic E-state index is -3.63. The maximum absolute atomic E-state index is 13.1. The van der Waals surface area contributed by atoms with Gasteiger partial charge in [-0.3, -0.25) is 4.79 Å². The average Bonchev–Trinajstić information content (AvgIpc) is 2.66. The third kappa shape index (κ3) is 4.40. The van der Waals surface area contributed by atoms with Crippen LogP contribution in [0.3, 0.4) is 0 Å². The molecule has 0 aromatic heterocycles. The zero-order chi connectivity index (χ0) is 20.5. The van der Waals surface area contributed by atoms with Crippen molar-refractivity contribution in [3.8, 4) is 0 Å². The molecular weight excluding hydrogens is 396 g/mol. The molecule has 1 N–H and O–H groups in total. The van der Waals surface area contributed by atoms with Crippen LogP contribution >= 0.6 is 11.6 Å². The van der Waals surface area contributed by atoms with E-state index in [-0.39, 0.29) is 12.5 Å². The smallest absolute Gasteiger partial charge is 0.243 e. The van der Waals surface area contributed by atoms with Crippen LogP contribution in [0, 0.1) is 26.7 Å². The summed E-state index contributed by atoms with van der Waals surface area (Å²) in [7, 11) is -3.63. The van der Waals surface area contributed by atoms with Gasteiger partial charge in [-0.25, -0.2) is 8.42 Å². The zero-order valence-electron chi connectivity index (χ0n) is 16.3. The summed E-state index contributed by atoms with van der Waals surface area (Å²) in [6.45, 7) is 6.17. The van der Waals surface area contributed by atoms with E-state index < -0.39 is 15.9 Å². The van der Waals surface area contributed by atoms with Gasteiger partial charge in [0.15, 0.2) is 0 Å². The Bertz CT molecular complexity index is 1000. The maximum atomic E-state index is 13.1. The van der Waals surface area contributed by atoms with Crippen LogP contribution in [0.4, 0.5) is 5.69 Å². The second-order valence-electron chi connectivity index (χ2n) is 7.42. The van der Waals surface area contributed by atoms with Crippen molar-refractivity contribution in [3.63, 3.8) is 0 Å². The molecule has 0 unspecified atom stereocenters. The summed E-state index contributed by atoms with van der Waals surface area (Å²) in [4.78, 5) is 13.0. The fourth-order valence-electron chi connectivity index (χ4n) is 3.41. The lowest BCUT2D eigenvalue weighted by molar-refractivity contribution is -0.120. The van der Waals surface area contributed by atoms with E-state index in [0.717, 1.165) is 11.1 Å². The Morgan fingerprint density at radius 3 is 2.54 bits per heavy atom. The van der Waals surface area contributed by atoms with Gasteiger partial charge in [-0.1, -0.05) is 29.8 Å². The molecule has 1 aliphatic heterocycles. The van der Waals surface area contributed by atoms with E-state index in [9.17, 15) is 13.2 Å². The lowest BCUT2D eigenvalue weighted by Crippen LogP contribution is -2.43. The highest BCUT2D eigenvalue weighted by molar-refractivity contribution is 7.89. The van der Waals surface area contributed by atoms with Gasteiger partial charge >= 0.3 is 0 Å². The van der Waals surface area contributed by atoms with Crippen LogP contribution in [0.1, 0.15) is 29.5 Å². The van der Waals surface area contributed by atoms with Crippen molar-refractivity contribution in [1.29, 1.82) is 0 Å². The number of benzene rings is 2. The number of nitrogens with one attached hydrogen (secondary N) is 1. The average molecular weight is 421 g/mol. The van der Waals surface area contributed by atoms with Crippen LogP contribution in [0.15, 0.2) is 41.3 Å². The first-order chi connectivity index (χ1) is 13.2. The molecular formula is C21H25ClN2O3S. The summed E-state index contributed by atoms with van der Waals surface area (Å²) in [6.07, 6.45) is 1.31. The van der Waals surface area contributed by atoms with Crippen molar-refractivity contribution in [2.75, 3.05) is 18.4 Å². The molecule has 1 heterocycles. The number of amides is 1. The van der Waals surface area contributed by atoms with E-state index in [0.29, 0.717) is 40.6 Å². The Morgan fingerprint density at radius 2 is 1.82 bits per heavy atom. The lowest BCUT2D eigenvalue weighted by atomic mass is 9.98. The molecule has 2 aromatic rings. The first kappa shape index (κ1) is 20.8. The SMILES string of the molecule is Cc1ccc(C)c(S(=O)(=O)N2CCC[C@@H](C(=O)Nc3ccc(C)c(Cl)c3)C2)c1. The minimum absolute atomic E-state index is 0.180. The summed E-state index contributed by atoms with van der Waals surface area (Å²) in [5, 5.41) is 3.45. The van der Waals surface area contributed by atoms with Gasteiger partial charge in [-0.05, 0) is 68.5 Å². The Balaban J connectivity index is 1.76. The molecule has 28 heavy (non-hydrogen) atoms. The van der Waals surface area contributed by atoms with Crippen LogP contribution in [0.2, 0.25) is 5.02 Å². The molecule has 5 nitrogen and oxygen atoms in total. The van der Waals surface area contributed by atoms with Crippen LogP contribution in [0.5, 0.6) is 0 Å². The topological polar surface area (TPSA) is 66.5 Å². The number of sulfonamides is 1. The summed E-state index contributed by atoms with van der Waals surface area (Å²) >= 11 is 6.12. The van der Waals surface area contributed by atoms with Gasteiger partial charge in [0.1, 0.15) is 0 Å². The Labute approximate surface area is 171 Å². The minimum Gasteiger partial charge on any atom is -0.326 e. The van der Waals surface area contributed by atoms with Gasteiger partial charge in [0.05, 0.1) is 10.8 Å². The second kappa shape index (κ2) is 8.23. The summed E-state index contributed by atoms with van der Waals surface area (Å²) in [5.74, 6) is -0.575. The molecule has 7 heteroatoms. The number of rotatable bonds is 4. The largest absolute Gasteiger partial charge is 0.326 e. The van der Waals surface area contributed by atoms with Crippen molar-refractivity contribution in [3.05, 3.63) is 58.1 Å². The van der Waals surface area contributed by atoms with Gasteiger partial charge in [0, 0.05) is 23.8 Å². The van der Waals surface area contributed by atoms with Crippen molar-refractivity contribution >= 4 is 33.2 Å². The molecule has 1 aliphatic rings. The number of carbonyl (C=O) groups is 1. The molecule has 1 saturated heterocycles. The number of aryl methyl sites for hydroxylation is 3. The molecule has 3 rings (SSSR count). The highest BCUT2D eigenvalue weighted by Gasteiger charge is 2.34. The van der Waals surface area contributed by atoms with E-state index in [1.54, 1.807) is 25.1 Å². The van der Waals surface area contributed by atoms with Gasteiger partial charge in [-0.15, -0.1) is 0 Å². The van der Waals surface area contributed by atoms with Crippen LogP contribution in [-0.4, -0.2) is 31.7 Å². The normalized spacial score (nSPS) is 18.1. The number of piperidine rings is 1. The number of carbonyl (C=O) groups excluding carboxylic acids is 1. The van der Waals surface area contributed by atoms with Crippen molar-refractivity contribution in [2.45, 2.75) is 38.5 Å². The standard InChI is InChI=1S/C21H25ClN2O3S/c1-14-6-7-16(3)20(11-14)28(26,27)24-10-4-5-17(13-24)21(25)23-18-9-8-15(2)19(22)12-18/h6-9,11-12,17H,4-5,10,13H2,1-3H3,(H,23,25)/t17-/m1/s1. The Morgan fingerprint density at radius 1 is 1.11 bits per heavy atom. The van der Waals surface area contributed by atoms with Crippen LogP contribution < -0.4 is 5.32 Å². The van der Waals surface area contributed by atoms with Crippen molar-refractivity contribution < 1.29 is 13.2 Å². The first-order valence-electron chi connectivity index (χ1n) is 9.33. The Kier molecular flexibility index (Phi) is 6.12. The van der Waals surface area contributed by atoms with E-state index >= 15 is 0 Å². The molecule has 0 spiro atoms. The number of hydrogen-bond acceptors (Lipinski definition) is 3. The zero-order valence-corrected chi connectivity index (χ0v) is 17.9. The number of nitrogens with zero attached hydrogens (tertiary/aromatic N) is 1. The summed E-state index contributed by atoms with van der Waals surface area (Å²) in [6, 6.07) is 10.8. The number of anilines is 1. The predicted molar refractivity (Wildman–Crippen MR) is 112 cm³/mol. The van der Waals surface area contributed by atoms with Gasteiger partial charge in [0.2, 0.25) is 15.9 Å². The lowest BCUT2D eigenvalue weighted by Gasteiger charge is -2.31. The highest BCUT2D eigenvalue weighted by Crippen LogP contribution is 2.27. The van der Waals surface area contributed by atoms with Crippen LogP contribution in [0.25, 0.3) is 0 Å². The third-order valence-electron chi connectivity index (χ3n) is 5.16. The number of halogens is 1. The van der Waals surface area contributed by atoms with E-state index in [1.165, 1.54) is 4.31 Å². The molecule has 1 fully saturated rings. The number of hydrogen-bond donors (Lipinski definition) is 1. The summed E-state index contributed by atoms with van der Waals surface area (Å²) < 4.78 is 27.7.